The van der Waals surface area contributed by atoms with Crippen molar-refractivity contribution < 1.29 is 4.74 Å². The number of aryl methyl sites for hydroxylation is 1. The van der Waals surface area contributed by atoms with Gasteiger partial charge in [0.25, 0.3) is 0 Å². The first-order chi connectivity index (χ1) is 10.1. The molecule has 0 radical (unpaired) electrons. The molecular formula is C18H26ClNO. The van der Waals surface area contributed by atoms with Crippen LogP contribution in [-0.2, 0) is 4.74 Å². The van der Waals surface area contributed by atoms with E-state index in [1.807, 2.05) is 13.0 Å². The van der Waals surface area contributed by atoms with Gasteiger partial charge in [-0.1, -0.05) is 43.0 Å². The Kier molecular flexibility index (Phi) is 4.58. The van der Waals surface area contributed by atoms with Gasteiger partial charge in [-0.05, 0) is 55.7 Å². The summed E-state index contributed by atoms with van der Waals surface area (Å²) in [6, 6.07) is 6.31. The van der Waals surface area contributed by atoms with Gasteiger partial charge in [-0.2, -0.15) is 0 Å². The van der Waals surface area contributed by atoms with Crippen LogP contribution in [0.2, 0.25) is 5.02 Å². The molecule has 1 saturated heterocycles. The maximum Gasteiger partial charge on any atom is 0.0685 e. The molecule has 2 aliphatic rings. The van der Waals surface area contributed by atoms with Crippen molar-refractivity contribution in [3.8, 4) is 0 Å². The van der Waals surface area contributed by atoms with Gasteiger partial charge >= 0.3 is 0 Å². The molecule has 0 amide bonds. The number of hydrogen-bond acceptors (Lipinski definition) is 2. The molecule has 1 aromatic carbocycles. The number of hydrogen-bond donors (Lipinski definition) is 1. The van der Waals surface area contributed by atoms with Crippen molar-refractivity contribution >= 4 is 11.6 Å². The molecule has 1 heterocycles. The summed E-state index contributed by atoms with van der Waals surface area (Å²) in [6.07, 6.45) is 8.61. The molecule has 2 atom stereocenters. The molecule has 0 aromatic heterocycles. The lowest BCUT2D eigenvalue weighted by Gasteiger charge is -2.45. The minimum absolute atomic E-state index is 0.101. The molecule has 116 valence electrons. The quantitative estimate of drug-likeness (QED) is 0.853. The SMILES string of the molecule is Cc1cc(C(N)C2CCOC3(CCCCC3)C2)ccc1Cl. The maximum absolute atomic E-state index is 6.58. The van der Waals surface area contributed by atoms with E-state index >= 15 is 0 Å². The maximum atomic E-state index is 6.58. The van der Waals surface area contributed by atoms with Crippen LogP contribution in [0.3, 0.4) is 0 Å². The minimum Gasteiger partial charge on any atom is -0.375 e. The summed E-state index contributed by atoms with van der Waals surface area (Å²) in [7, 11) is 0. The molecule has 2 nitrogen and oxygen atoms in total. The summed E-state index contributed by atoms with van der Waals surface area (Å²) in [4.78, 5) is 0. The Balaban J connectivity index is 1.74. The number of rotatable bonds is 2. The summed E-state index contributed by atoms with van der Waals surface area (Å²) in [5, 5.41) is 0.821. The predicted molar refractivity (Wildman–Crippen MR) is 87.6 cm³/mol. The summed E-state index contributed by atoms with van der Waals surface area (Å²) >= 11 is 6.13. The fourth-order valence-corrected chi connectivity index (χ4v) is 4.18. The van der Waals surface area contributed by atoms with Crippen LogP contribution in [0.25, 0.3) is 0 Å². The van der Waals surface area contributed by atoms with Crippen LogP contribution in [0.1, 0.15) is 62.1 Å². The number of nitrogens with two attached hydrogens (primary N) is 1. The van der Waals surface area contributed by atoms with Gasteiger partial charge in [-0.15, -0.1) is 0 Å². The highest BCUT2D eigenvalue weighted by Crippen LogP contribution is 2.43. The molecular weight excluding hydrogens is 282 g/mol. The standard InChI is InChI=1S/C18H26ClNO/c1-13-11-14(5-6-16(13)19)17(20)15-7-10-21-18(12-15)8-3-2-4-9-18/h5-6,11,15,17H,2-4,7-10,12,20H2,1H3. The lowest BCUT2D eigenvalue weighted by atomic mass is 9.73. The third-order valence-electron chi connectivity index (χ3n) is 5.37. The first kappa shape index (κ1) is 15.3. The summed E-state index contributed by atoms with van der Waals surface area (Å²) in [5.41, 5.74) is 9.04. The summed E-state index contributed by atoms with van der Waals surface area (Å²) in [5.74, 6) is 0.525. The normalized spacial score (nSPS) is 26.7. The van der Waals surface area contributed by atoms with E-state index in [9.17, 15) is 0 Å². The molecule has 21 heavy (non-hydrogen) atoms. The molecule has 2 N–H and O–H groups in total. The van der Waals surface area contributed by atoms with Crippen LogP contribution in [0.5, 0.6) is 0 Å². The van der Waals surface area contributed by atoms with E-state index in [0.29, 0.717) is 5.92 Å². The Bertz CT molecular complexity index is 490. The number of halogens is 1. The van der Waals surface area contributed by atoms with Crippen LogP contribution in [0.4, 0.5) is 0 Å². The van der Waals surface area contributed by atoms with Gasteiger partial charge in [0, 0.05) is 17.7 Å². The summed E-state index contributed by atoms with van der Waals surface area (Å²) in [6.45, 7) is 2.91. The van der Waals surface area contributed by atoms with Gasteiger partial charge < -0.3 is 10.5 Å². The van der Waals surface area contributed by atoms with Crippen LogP contribution in [-0.4, -0.2) is 12.2 Å². The van der Waals surface area contributed by atoms with Gasteiger partial charge in [0.2, 0.25) is 0 Å². The van der Waals surface area contributed by atoms with Crippen molar-refractivity contribution in [3.05, 3.63) is 34.3 Å². The first-order valence-corrected chi connectivity index (χ1v) is 8.63. The highest BCUT2D eigenvalue weighted by Gasteiger charge is 2.40. The Morgan fingerprint density at radius 3 is 2.76 bits per heavy atom. The van der Waals surface area contributed by atoms with Crippen molar-refractivity contribution in [2.45, 2.75) is 63.5 Å². The van der Waals surface area contributed by atoms with E-state index in [2.05, 4.69) is 12.1 Å². The van der Waals surface area contributed by atoms with Crippen molar-refractivity contribution in [1.29, 1.82) is 0 Å². The number of benzene rings is 1. The van der Waals surface area contributed by atoms with E-state index in [-0.39, 0.29) is 11.6 Å². The summed E-state index contributed by atoms with van der Waals surface area (Å²) < 4.78 is 6.19. The number of ether oxygens (including phenoxy) is 1. The lowest BCUT2D eigenvalue weighted by molar-refractivity contribution is -0.120. The van der Waals surface area contributed by atoms with Crippen molar-refractivity contribution in [3.63, 3.8) is 0 Å². The smallest absolute Gasteiger partial charge is 0.0685 e. The monoisotopic (exact) mass is 307 g/mol. The molecule has 1 spiro atoms. The third kappa shape index (κ3) is 3.28. The van der Waals surface area contributed by atoms with Gasteiger partial charge in [0.1, 0.15) is 0 Å². The highest BCUT2D eigenvalue weighted by molar-refractivity contribution is 6.31. The van der Waals surface area contributed by atoms with E-state index in [4.69, 9.17) is 22.1 Å². The molecule has 3 heteroatoms. The van der Waals surface area contributed by atoms with E-state index < -0.39 is 0 Å². The highest BCUT2D eigenvalue weighted by atomic mass is 35.5. The van der Waals surface area contributed by atoms with Gasteiger partial charge in [-0.3, -0.25) is 0 Å². The second-order valence-electron chi connectivity index (χ2n) is 6.88. The van der Waals surface area contributed by atoms with Crippen LogP contribution >= 0.6 is 11.6 Å². The average molecular weight is 308 g/mol. The van der Waals surface area contributed by atoms with Gasteiger partial charge in [0.05, 0.1) is 5.60 Å². The Hall–Kier alpha value is -0.570. The largest absolute Gasteiger partial charge is 0.375 e. The molecule has 2 unspecified atom stereocenters. The van der Waals surface area contributed by atoms with Crippen molar-refractivity contribution in [2.75, 3.05) is 6.61 Å². The molecule has 1 saturated carbocycles. The zero-order valence-corrected chi connectivity index (χ0v) is 13.7. The van der Waals surface area contributed by atoms with E-state index in [1.165, 1.54) is 37.7 Å². The molecule has 3 rings (SSSR count). The fourth-order valence-electron chi connectivity index (χ4n) is 4.06. The Morgan fingerprint density at radius 1 is 1.29 bits per heavy atom. The van der Waals surface area contributed by atoms with E-state index in [1.54, 1.807) is 0 Å². The van der Waals surface area contributed by atoms with Gasteiger partial charge in [-0.25, -0.2) is 0 Å². The zero-order valence-electron chi connectivity index (χ0n) is 12.9. The fraction of sp³-hybridized carbons (Fsp3) is 0.667. The molecule has 0 bridgehead atoms. The predicted octanol–water partition coefficient (Wildman–Crippen LogP) is 4.78. The Morgan fingerprint density at radius 2 is 2.05 bits per heavy atom. The van der Waals surface area contributed by atoms with Crippen LogP contribution < -0.4 is 5.73 Å². The minimum atomic E-state index is 0.101. The van der Waals surface area contributed by atoms with Crippen LogP contribution in [0, 0.1) is 12.8 Å². The van der Waals surface area contributed by atoms with Crippen molar-refractivity contribution in [1.82, 2.24) is 0 Å². The molecule has 1 aliphatic heterocycles. The van der Waals surface area contributed by atoms with Gasteiger partial charge in [0.15, 0.2) is 0 Å². The topological polar surface area (TPSA) is 35.2 Å². The Labute approximate surface area is 133 Å². The second kappa shape index (κ2) is 6.28. The second-order valence-corrected chi connectivity index (χ2v) is 7.29. The first-order valence-electron chi connectivity index (χ1n) is 8.25. The van der Waals surface area contributed by atoms with Crippen LogP contribution in [0.15, 0.2) is 18.2 Å². The molecule has 1 aromatic rings. The molecule has 2 fully saturated rings. The lowest BCUT2D eigenvalue weighted by Crippen LogP contribution is -2.44. The molecule has 1 aliphatic carbocycles. The van der Waals surface area contributed by atoms with Crippen molar-refractivity contribution in [2.24, 2.45) is 11.7 Å². The zero-order chi connectivity index (χ0) is 14.9. The third-order valence-corrected chi connectivity index (χ3v) is 5.79. The average Bonchev–Trinajstić information content (AvgIpc) is 2.50. The van der Waals surface area contributed by atoms with E-state index in [0.717, 1.165) is 30.0 Å².